The largest absolute Gasteiger partial charge is 0.493 e. The van der Waals surface area contributed by atoms with Gasteiger partial charge in [0, 0.05) is 6.42 Å². The number of likely N-dealkylation sites (N-methyl/N-ethyl adjacent to an activating group) is 1. The maximum atomic E-state index is 11.3. The van der Waals surface area contributed by atoms with E-state index in [4.69, 9.17) is 10.5 Å². The highest BCUT2D eigenvalue weighted by atomic mass is 16.5. The maximum Gasteiger partial charge on any atom is 0.234 e. The highest BCUT2D eigenvalue weighted by Crippen LogP contribution is 2.27. The minimum Gasteiger partial charge on any atom is -0.493 e. The molecule has 0 spiro atoms. The molecule has 0 aliphatic rings. The van der Waals surface area contributed by atoms with Gasteiger partial charge in [0.2, 0.25) is 5.91 Å². The Bertz CT molecular complexity index is 444. The van der Waals surface area contributed by atoms with Crippen LogP contribution in [0.2, 0.25) is 0 Å². The summed E-state index contributed by atoms with van der Waals surface area (Å²) >= 11 is 0. The molecule has 3 N–H and O–H groups in total. The average molecular weight is 278 g/mol. The van der Waals surface area contributed by atoms with E-state index in [-0.39, 0.29) is 11.9 Å². The van der Waals surface area contributed by atoms with Crippen LogP contribution in [0.25, 0.3) is 0 Å². The Balaban J connectivity index is 2.65. The summed E-state index contributed by atoms with van der Waals surface area (Å²) in [7, 11) is 0. The molecule has 4 heteroatoms. The summed E-state index contributed by atoms with van der Waals surface area (Å²) in [6.07, 6.45) is 0.578. The van der Waals surface area contributed by atoms with Crippen molar-refractivity contribution in [2.45, 2.75) is 46.1 Å². The van der Waals surface area contributed by atoms with E-state index in [0.29, 0.717) is 18.9 Å². The normalized spacial score (nSPS) is 12.4. The van der Waals surface area contributed by atoms with Crippen molar-refractivity contribution in [2.24, 2.45) is 5.73 Å². The average Bonchev–Trinajstić information content (AvgIpc) is 2.37. The Hall–Kier alpha value is -1.55. The minimum atomic E-state index is -0.330. The molecule has 0 saturated heterocycles. The van der Waals surface area contributed by atoms with Crippen molar-refractivity contribution in [3.05, 3.63) is 29.3 Å². The zero-order valence-electron chi connectivity index (χ0n) is 12.9. The lowest BCUT2D eigenvalue weighted by atomic mass is 10.0. The third kappa shape index (κ3) is 4.85. The zero-order valence-corrected chi connectivity index (χ0v) is 12.9. The first-order valence-corrected chi connectivity index (χ1v) is 7.21. The molecule has 0 aliphatic heterocycles. The number of nitrogens with two attached hydrogens (primary N) is 1. The third-order valence-corrected chi connectivity index (χ3v) is 3.25. The van der Waals surface area contributed by atoms with Crippen molar-refractivity contribution in [1.29, 1.82) is 0 Å². The summed E-state index contributed by atoms with van der Waals surface area (Å²) in [5.41, 5.74) is 7.71. The van der Waals surface area contributed by atoms with Crippen LogP contribution in [0.15, 0.2) is 18.2 Å². The quantitative estimate of drug-likeness (QED) is 0.767. The number of rotatable bonds is 8. The van der Waals surface area contributed by atoms with Crippen LogP contribution in [-0.2, 0) is 4.79 Å². The van der Waals surface area contributed by atoms with E-state index in [2.05, 4.69) is 31.3 Å². The molecule has 0 aromatic heterocycles. The number of hydrogen-bond donors (Lipinski definition) is 2. The van der Waals surface area contributed by atoms with Crippen molar-refractivity contribution >= 4 is 5.91 Å². The Morgan fingerprint density at radius 2 is 2.10 bits per heavy atom. The highest BCUT2D eigenvalue weighted by molar-refractivity contribution is 5.79. The zero-order chi connectivity index (χ0) is 15.1. The maximum absolute atomic E-state index is 11.3. The fraction of sp³-hybridized carbons (Fsp3) is 0.562. The molecule has 4 nitrogen and oxygen atoms in total. The van der Waals surface area contributed by atoms with Crippen molar-refractivity contribution in [3.8, 4) is 5.75 Å². The second kappa shape index (κ2) is 7.90. The van der Waals surface area contributed by atoms with Crippen LogP contribution in [0, 0.1) is 6.92 Å². The Labute approximate surface area is 121 Å². The van der Waals surface area contributed by atoms with Gasteiger partial charge in [0.25, 0.3) is 0 Å². The van der Waals surface area contributed by atoms with Gasteiger partial charge in [-0.25, -0.2) is 0 Å². The first kappa shape index (κ1) is 16.5. The Morgan fingerprint density at radius 3 is 2.65 bits per heavy atom. The van der Waals surface area contributed by atoms with E-state index in [9.17, 15) is 4.79 Å². The number of carbonyl (C=O) groups excluding carboxylic acids is 1. The Kier molecular flexibility index (Phi) is 6.52. The van der Waals surface area contributed by atoms with E-state index < -0.39 is 0 Å². The van der Waals surface area contributed by atoms with Crippen LogP contribution < -0.4 is 15.8 Å². The number of benzene rings is 1. The lowest BCUT2D eigenvalue weighted by molar-refractivity contribution is -0.120. The predicted molar refractivity (Wildman–Crippen MR) is 82.0 cm³/mol. The molecule has 1 atom stereocenters. The fourth-order valence-electron chi connectivity index (χ4n) is 2.12. The second-order valence-electron chi connectivity index (χ2n) is 5.35. The first-order chi connectivity index (χ1) is 9.45. The van der Waals surface area contributed by atoms with Crippen molar-refractivity contribution in [3.63, 3.8) is 0 Å². The van der Waals surface area contributed by atoms with E-state index in [1.54, 1.807) is 0 Å². The van der Waals surface area contributed by atoms with Gasteiger partial charge in [-0.15, -0.1) is 0 Å². The molecule has 0 radical (unpaired) electrons. The minimum absolute atomic E-state index is 0.327. The summed E-state index contributed by atoms with van der Waals surface area (Å²) in [4.78, 5) is 11.3. The molecule has 0 saturated carbocycles. The SMILES string of the molecule is CCNC(CCOc1cc(C)ccc1C(C)C)C(N)=O. The van der Waals surface area contributed by atoms with Gasteiger partial charge in [-0.1, -0.05) is 32.9 Å². The lowest BCUT2D eigenvalue weighted by Gasteiger charge is -2.17. The molecule has 0 heterocycles. The molecule has 1 aromatic rings. The number of hydrogen-bond acceptors (Lipinski definition) is 3. The van der Waals surface area contributed by atoms with Crippen LogP contribution in [0.5, 0.6) is 5.75 Å². The molecule has 1 rings (SSSR count). The number of nitrogens with one attached hydrogen (secondary N) is 1. The van der Waals surface area contributed by atoms with Gasteiger partial charge >= 0.3 is 0 Å². The smallest absolute Gasteiger partial charge is 0.234 e. The number of amides is 1. The number of carbonyl (C=O) groups is 1. The van der Waals surface area contributed by atoms with E-state index in [1.807, 2.05) is 19.9 Å². The molecule has 1 aromatic carbocycles. The van der Waals surface area contributed by atoms with Gasteiger partial charge in [-0.3, -0.25) is 4.79 Å². The van der Waals surface area contributed by atoms with Gasteiger partial charge in [0.15, 0.2) is 0 Å². The third-order valence-electron chi connectivity index (χ3n) is 3.25. The van der Waals surface area contributed by atoms with Crippen molar-refractivity contribution in [2.75, 3.05) is 13.2 Å². The monoisotopic (exact) mass is 278 g/mol. The molecular weight excluding hydrogens is 252 g/mol. The van der Waals surface area contributed by atoms with E-state index in [1.165, 1.54) is 11.1 Å². The van der Waals surface area contributed by atoms with Crippen LogP contribution in [0.1, 0.15) is 44.2 Å². The molecule has 1 amide bonds. The summed E-state index contributed by atoms with van der Waals surface area (Å²) in [5, 5.41) is 3.06. The molecule has 112 valence electrons. The standard InChI is InChI=1S/C16H26N2O2/c1-5-18-14(16(17)19)8-9-20-15-10-12(4)6-7-13(15)11(2)3/h6-7,10-11,14,18H,5,8-9H2,1-4H3,(H2,17,19). The molecule has 20 heavy (non-hydrogen) atoms. The van der Waals surface area contributed by atoms with Crippen molar-refractivity contribution < 1.29 is 9.53 Å². The predicted octanol–water partition coefficient (Wildman–Crippen LogP) is 2.35. The fourth-order valence-corrected chi connectivity index (χ4v) is 2.12. The summed E-state index contributed by atoms with van der Waals surface area (Å²) in [6, 6.07) is 5.91. The number of primary amides is 1. The molecule has 0 aliphatic carbocycles. The number of ether oxygens (including phenoxy) is 1. The van der Waals surface area contributed by atoms with E-state index in [0.717, 1.165) is 12.3 Å². The Morgan fingerprint density at radius 1 is 1.40 bits per heavy atom. The second-order valence-corrected chi connectivity index (χ2v) is 5.35. The molecule has 1 unspecified atom stereocenters. The van der Waals surface area contributed by atoms with Gasteiger partial charge in [0.05, 0.1) is 12.6 Å². The van der Waals surface area contributed by atoms with Crippen LogP contribution in [0.3, 0.4) is 0 Å². The van der Waals surface area contributed by atoms with Gasteiger partial charge in [-0.05, 0) is 36.6 Å². The van der Waals surface area contributed by atoms with Gasteiger partial charge < -0.3 is 15.8 Å². The first-order valence-electron chi connectivity index (χ1n) is 7.21. The highest BCUT2D eigenvalue weighted by Gasteiger charge is 2.14. The van der Waals surface area contributed by atoms with Crippen LogP contribution in [0.4, 0.5) is 0 Å². The lowest BCUT2D eigenvalue weighted by Crippen LogP contribution is -2.42. The van der Waals surface area contributed by atoms with Crippen molar-refractivity contribution in [1.82, 2.24) is 5.32 Å². The van der Waals surface area contributed by atoms with Gasteiger partial charge in [-0.2, -0.15) is 0 Å². The van der Waals surface area contributed by atoms with Gasteiger partial charge in [0.1, 0.15) is 5.75 Å². The summed E-state index contributed by atoms with van der Waals surface area (Å²) < 4.78 is 5.86. The molecular formula is C16H26N2O2. The van der Waals surface area contributed by atoms with Crippen LogP contribution >= 0.6 is 0 Å². The van der Waals surface area contributed by atoms with E-state index >= 15 is 0 Å². The van der Waals surface area contributed by atoms with Crippen LogP contribution in [-0.4, -0.2) is 25.1 Å². The topological polar surface area (TPSA) is 64.3 Å². The molecule has 0 fully saturated rings. The summed E-state index contributed by atoms with van der Waals surface area (Å²) in [6.45, 7) is 9.47. The number of aryl methyl sites for hydroxylation is 1. The summed E-state index contributed by atoms with van der Waals surface area (Å²) in [5.74, 6) is 0.981. The molecule has 0 bridgehead atoms.